The highest BCUT2D eigenvalue weighted by molar-refractivity contribution is 7.98. The second kappa shape index (κ2) is 6.01. The molecule has 0 fully saturated rings. The quantitative estimate of drug-likeness (QED) is 0.704. The minimum atomic E-state index is 0.439. The van der Waals surface area contributed by atoms with Gasteiger partial charge < -0.3 is 0 Å². The summed E-state index contributed by atoms with van der Waals surface area (Å²) < 4.78 is 0. The van der Waals surface area contributed by atoms with Crippen LogP contribution in [0, 0.1) is 11.3 Å². The highest BCUT2D eigenvalue weighted by Crippen LogP contribution is 2.17. The Hall–Kier alpha value is -0.530. The van der Waals surface area contributed by atoms with Crippen molar-refractivity contribution in [3.63, 3.8) is 0 Å². The standard InChI is InChI=1S/C9H12N2S2/c1-2-5-12-7-9-11-8(3-4-10)6-13-9/h6H,2-3,5,7H2,1H3. The zero-order valence-corrected chi connectivity index (χ0v) is 9.25. The van der Waals surface area contributed by atoms with Crippen LogP contribution in [0.5, 0.6) is 0 Å². The average Bonchev–Trinajstić information content (AvgIpc) is 2.54. The molecule has 0 bridgehead atoms. The lowest BCUT2D eigenvalue weighted by Gasteiger charge is -1.93. The number of nitriles is 1. The van der Waals surface area contributed by atoms with Gasteiger partial charge in [-0.25, -0.2) is 4.98 Å². The fourth-order valence-electron chi connectivity index (χ4n) is 0.881. The molecule has 0 aromatic carbocycles. The first-order valence-corrected chi connectivity index (χ1v) is 6.28. The molecule has 13 heavy (non-hydrogen) atoms. The number of hydrogen-bond acceptors (Lipinski definition) is 4. The van der Waals surface area contributed by atoms with Crippen LogP contribution >= 0.6 is 23.1 Å². The molecule has 1 aromatic rings. The smallest absolute Gasteiger partial charge is 0.103 e. The summed E-state index contributed by atoms with van der Waals surface area (Å²) >= 11 is 3.56. The molecule has 2 nitrogen and oxygen atoms in total. The lowest BCUT2D eigenvalue weighted by Crippen LogP contribution is -1.84. The lowest BCUT2D eigenvalue weighted by atomic mass is 10.4. The van der Waals surface area contributed by atoms with Crippen LogP contribution in [0.4, 0.5) is 0 Å². The predicted octanol–water partition coefficient (Wildman–Crippen LogP) is 2.85. The fraction of sp³-hybridized carbons (Fsp3) is 0.556. The van der Waals surface area contributed by atoms with Crippen LogP contribution in [-0.4, -0.2) is 10.7 Å². The van der Waals surface area contributed by atoms with E-state index in [1.54, 1.807) is 11.3 Å². The first-order valence-electron chi connectivity index (χ1n) is 4.24. The van der Waals surface area contributed by atoms with E-state index in [-0.39, 0.29) is 0 Å². The van der Waals surface area contributed by atoms with E-state index in [2.05, 4.69) is 18.0 Å². The molecular formula is C9H12N2S2. The molecular weight excluding hydrogens is 200 g/mol. The Bertz CT molecular complexity index is 288. The van der Waals surface area contributed by atoms with E-state index >= 15 is 0 Å². The maximum absolute atomic E-state index is 8.45. The topological polar surface area (TPSA) is 36.7 Å². The van der Waals surface area contributed by atoms with Crippen LogP contribution in [0.3, 0.4) is 0 Å². The van der Waals surface area contributed by atoms with Gasteiger partial charge in [-0.05, 0) is 12.2 Å². The van der Waals surface area contributed by atoms with Crippen LogP contribution in [0.25, 0.3) is 0 Å². The third-order valence-corrected chi connectivity index (χ3v) is 3.69. The first kappa shape index (κ1) is 10.6. The van der Waals surface area contributed by atoms with Crippen molar-refractivity contribution in [2.24, 2.45) is 0 Å². The van der Waals surface area contributed by atoms with Gasteiger partial charge in [0.2, 0.25) is 0 Å². The van der Waals surface area contributed by atoms with Crippen molar-refractivity contribution in [1.29, 1.82) is 5.26 Å². The number of nitrogens with zero attached hydrogens (tertiary/aromatic N) is 2. The summed E-state index contributed by atoms with van der Waals surface area (Å²) in [5, 5.41) is 11.6. The highest BCUT2D eigenvalue weighted by Gasteiger charge is 2.00. The SMILES string of the molecule is CCCSCc1nc(CC#N)cs1. The molecule has 0 spiro atoms. The van der Waals surface area contributed by atoms with Crippen molar-refractivity contribution in [3.05, 3.63) is 16.1 Å². The summed E-state index contributed by atoms with van der Waals surface area (Å²) in [6.45, 7) is 2.18. The van der Waals surface area contributed by atoms with E-state index < -0.39 is 0 Å². The van der Waals surface area contributed by atoms with Crippen molar-refractivity contribution in [2.45, 2.75) is 25.5 Å². The van der Waals surface area contributed by atoms with Crippen molar-refractivity contribution in [2.75, 3.05) is 5.75 Å². The molecule has 0 radical (unpaired) electrons. The summed E-state index contributed by atoms with van der Waals surface area (Å²) in [5.74, 6) is 2.18. The van der Waals surface area contributed by atoms with Crippen molar-refractivity contribution >= 4 is 23.1 Å². The Balaban J connectivity index is 2.36. The molecule has 0 amide bonds. The van der Waals surface area contributed by atoms with Crippen molar-refractivity contribution in [3.8, 4) is 6.07 Å². The number of thioether (sulfide) groups is 1. The number of rotatable bonds is 5. The Labute approximate surface area is 87.0 Å². The van der Waals surface area contributed by atoms with Gasteiger partial charge >= 0.3 is 0 Å². The Morgan fingerprint density at radius 1 is 1.69 bits per heavy atom. The molecule has 4 heteroatoms. The summed E-state index contributed by atoms with van der Waals surface area (Å²) in [6.07, 6.45) is 1.65. The van der Waals surface area contributed by atoms with E-state index in [9.17, 15) is 0 Å². The average molecular weight is 212 g/mol. The molecule has 1 heterocycles. The third kappa shape index (κ3) is 3.79. The van der Waals surface area contributed by atoms with Gasteiger partial charge in [-0.3, -0.25) is 0 Å². The molecule has 0 aliphatic rings. The number of hydrogen-bond donors (Lipinski definition) is 0. The zero-order valence-electron chi connectivity index (χ0n) is 7.62. The van der Waals surface area contributed by atoms with Crippen LogP contribution in [0.1, 0.15) is 24.0 Å². The van der Waals surface area contributed by atoms with Crippen LogP contribution < -0.4 is 0 Å². The monoisotopic (exact) mass is 212 g/mol. The molecule has 1 aromatic heterocycles. The molecule has 70 valence electrons. The summed E-state index contributed by atoms with van der Waals surface area (Å²) in [5.41, 5.74) is 0.916. The molecule has 0 atom stereocenters. The fourth-order valence-corrected chi connectivity index (χ4v) is 2.65. The van der Waals surface area contributed by atoms with Gasteiger partial charge in [0, 0.05) is 11.1 Å². The third-order valence-electron chi connectivity index (χ3n) is 1.43. The first-order chi connectivity index (χ1) is 6.36. The minimum Gasteiger partial charge on any atom is -0.244 e. The van der Waals surface area contributed by atoms with Crippen molar-refractivity contribution < 1.29 is 0 Å². The molecule has 0 saturated heterocycles. The molecule has 0 aliphatic heterocycles. The van der Waals surface area contributed by atoms with Crippen LogP contribution in [0.2, 0.25) is 0 Å². The van der Waals surface area contributed by atoms with Crippen LogP contribution in [0.15, 0.2) is 5.38 Å². The molecule has 0 N–H and O–H groups in total. The van der Waals surface area contributed by atoms with E-state index in [0.29, 0.717) is 6.42 Å². The number of thiazole rings is 1. The maximum atomic E-state index is 8.45. The van der Waals surface area contributed by atoms with Gasteiger partial charge in [-0.2, -0.15) is 17.0 Å². The maximum Gasteiger partial charge on any atom is 0.103 e. The Kier molecular flexibility index (Phi) is 4.87. The second-order valence-corrected chi connectivity index (χ2v) is 4.67. The second-order valence-electron chi connectivity index (χ2n) is 2.62. The Morgan fingerprint density at radius 2 is 2.54 bits per heavy atom. The minimum absolute atomic E-state index is 0.439. The van der Waals surface area contributed by atoms with Gasteiger partial charge in [-0.15, -0.1) is 11.3 Å². The van der Waals surface area contributed by atoms with Gasteiger partial charge in [-0.1, -0.05) is 6.92 Å². The summed E-state index contributed by atoms with van der Waals surface area (Å²) in [4.78, 5) is 4.35. The van der Waals surface area contributed by atoms with E-state index in [0.717, 1.165) is 16.5 Å². The van der Waals surface area contributed by atoms with Gasteiger partial charge in [0.05, 0.1) is 18.2 Å². The lowest BCUT2D eigenvalue weighted by molar-refractivity contribution is 1.09. The highest BCUT2D eigenvalue weighted by atomic mass is 32.2. The summed E-state index contributed by atoms with van der Waals surface area (Å²) in [7, 11) is 0. The zero-order chi connectivity index (χ0) is 9.52. The van der Waals surface area contributed by atoms with Crippen molar-refractivity contribution in [1.82, 2.24) is 4.98 Å². The van der Waals surface area contributed by atoms with E-state index in [1.165, 1.54) is 12.2 Å². The Morgan fingerprint density at radius 3 is 3.23 bits per heavy atom. The molecule has 0 unspecified atom stereocenters. The van der Waals surface area contributed by atoms with E-state index in [4.69, 9.17) is 5.26 Å². The molecule has 0 aliphatic carbocycles. The normalized spacial score (nSPS) is 9.85. The van der Waals surface area contributed by atoms with Gasteiger partial charge in [0.15, 0.2) is 0 Å². The number of aromatic nitrogens is 1. The molecule has 1 rings (SSSR count). The van der Waals surface area contributed by atoms with Gasteiger partial charge in [0.1, 0.15) is 5.01 Å². The largest absolute Gasteiger partial charge is 0.244 e. The van der Waals surface area contributed by atoms with Crippen LogP contribution in [-0.2, 0) is 12.2 Å². The predicted molar refractivity (Wildman–Crippen MR) is 57.9 cm³/mol. The van der Waals surface area contributed by atoms with Gasteiger partial charge in [0.25, 0.3) is 0 Å². The van der Waals surface area contributed by atoms with E-state index in [1.807, 2.05) is 17.1 Å². The molecule has 0 saturated carbocycles. The summed E-state index contributed by atoms with van der Waals surface area (Å²) in [6, 6.07) is 2.10.